The van der Waals surface area contributed by atoms with Crippen LogP contribution in [0.2, 0.25) is 5.02 Å². The topological polar surface area (TPSA) is 37.3 Å². The van der Waals surface area contributed by atoms with Gasteiger partial charge in [-0.1, -0.05) is 35.9 Å². The zero-order valence-corrected chi connectivity index (χ0v) is 11.3. The first kappa shape index (κ1) is 13.9. The standard InChI is InChI=1S/C14H10ClFO2S/c15-11-6-1-2-7-12(11)19-8-9-4-3-5-10(13(9)16)14(17)18/h1-7H,8H2,(H,17,18). The van der Waals surface area contributed by atoms with E-state index in [9.17, 15) is 9.18 Å². The van der Waals surface area contributed by atoms with E-state index in [1.165, 1.54) is 23.9 Å². The predicted molar refractivity (Wildman–Crippen MR) is 74.4 cm³/mol. The van der Waals surface area contributed by atoms with Crippen LogP contribution in [0.5, 0.6) is 0 Å². The largest absolute Gasteiger partial charge is 0.478 e. The smallest absolute Gasteiger partial charge is 0.338 e. The molecule has 0 spiro atoms. The summed E-state index contributed by atoms with van der Waals surface area (Å²) in [4.78, 5) is 11.7. The number of hydrogen-bond donors (Lipinski definition) is 1. The summed E-state index contributed by atoms with van der Waals surface area (Å²) in [6.07, 6.45) is 0. The summed E-state index contributed by atoms with van der Waals surface area (Å²) in [6.45, 7) is 0. The molecule has 0 heterocycles. The van der Waals surface area contributed by atoms with Crippen LogP contribution >= 0.6 is 23.4 Å². The van der Waals surface area contributed by atoms with Crippen LogP contribution in [0.4, 0.5) is 4.39 Å². The van der Waals surface area contributed by atoms with Crippen LogP contribution in [0, 0.1) is 5.82 Å². The number of carboxylic acids is 1. The summed E-state index contributed by atoms with van der Waals surface area (Å²) in [7, 11) is 0. The molecule has 2 nitrogen and oxygen atoms in total. The number of rotatable bonds is 4. The molecule has 0 atom stereocenters. The second-order valence-corrected chi connectivity index (χ2v) is 5.23. The lowest BCUT2D eigenvalue weighted by atomic mass is 10.1. The Balaban J connectivity index is 2.19. The Bertz CT molecular complexity index is 616. The molecule has 0 aromatic heterocycles. The van der Waals surface area contributed by atoms with Gasteiger partial charge in [-0.2, -0.15) is 0 Å². The van der Waals surface area contributed by atoms with Crippen LogP contribution in [0.15, 0.2) is 47.4 Å². The quantitative estimate of drug-likeness (QED) is 0.846. The average Bonchev–Trinajstić information content (AvgIpc) is 2.39. The minimum absolute atomic E-state index is 0.308. The van der Waals surface area contributed by atoms with E-state index in [0.29, 0.717) is 16.3 Å². The van der Waals surface area contributed by atoms with Gasteiger partial charge in [-0.25, -0.2) is 9.18 Å². The third-order valence-corrected chi connectivity index (χ3v) is 4.09. The van der Waals surface area contributed by atoms with Crippen molar-refractivity contribution in [3.63, 3.8) is 0 Å². The number of aromatic carboxylic acids is 1. The first-order valence-electron chi connectivity index (χ1n) is 5.47. The molecule has 0 saturated heterocycles. The van der Waals surface area contributed by atoms with Crippen molar-refractivity contribution in [2.75, 3.05) is 0 Å². The first-order chi connectivity index (χ1) is 9.09. The van der Waals surface area contributed by atoms with Crippen molar-refractivity contribution < 1.29 is 14.3 Å². The van der Waals surface area contributed by atoms with Crippen molar-refractivity contribution in [1.82, 2.24) is 0 Å². The molecule has 2 rings (SSSR count). The van der Waals surface area contributed by atoms with E-state index in [2.05, 4.69) is 0 Å². The molecule has 2 aromatic rings. The lowest BCUT2D eigenvalue weighted by molar-refractivity contribution is 0.0691. The summed E-state index contributed by atoms with van der Waals surface area (Å²) < 4.78 is 13.9. The number of carboxylic acid groups (broad SMARTS) is 1. The van der Waals surface area contributed by atoms with Gasteiger partial charge in [-0.3, -0.25) is 0 Å². The molecule has 0 aliphatic carbocycles. The van der Waals surface area contributed by atoms with Gasteiger partial charge in [0.25, 0.3) is 0 Å². The highest BCUT2D eigenvalue weighted by Gasteiger charge is 2.14. The van der Waals surface area contributed by atoms with E-state index < -0.39 is 11.8 Å². The Kier molecular flexibility index (Phi) is 4.45. The molecule has 0 amide bonds. The molecule has 0 unspecified atom stereocenters. The van der Waals surface area contributed by atoms with Crippen LogP contribution in [-0.2, 0) is 5.75 Å². The molecule has 0 saturated carbocycles. The van der Waals surface area contributed by atoms with Gasteiger partial charge in [-0.15, -0.1) is 11.8 Å². The fraction of sp³-hybridized carbons (Fsp3) is 0.0714. The normalized spacial score (nSPS) is 10.4. The molecular formula is C14H10ClFO2S. The molecule has 2 aromatic carbocycles. The molecule has 5 heteroatoms. The van der Waals surface area contributed by atoms with Crippen LogP contribution in [0.25, 0.3) is 0 Å². The fourth-order valence-corrected chi connectivity index (χ4v) is 2.79. The Hall–Kier alpha value is -1.52. The van der Waals surface area contributed by atoms with E-state index in [0.717, 1.165) is 4.90 Å². The predicted octanol–water partition coefficient (Wildman–Crippen LogP) is 4.47. The molecular weight excluding hydrogens is 287 g/mol. The first-order valence-corrected chi connectivity index (χ1v) is 6.84. The van der Waals surface area contributed by atoms with Gasteiger partial charge in [0.1, 0.15) is 5.82 Å². The SMILES string of the molecule is O=C(O)c1cccc(CSc2ccccc2Cl)c1F. The number of halogens is 2. The summed E-state index contributed by atoms with van der Waals surface area (Å²) in [5.74, 6) is -1.62. The van der Waals surface area contributed by atoms with E-state index in [1.54, 1.807) is 12.1 Å². The number of carbonyl (C=O) groups is 1. The van der Waals surface area contributed by atoms with E-state index >= 15 is 0 Å². The monoisotopic (exact) mass is 296 g/mol. The van der Waals surface area contributed by atoms with Crippen LogP contribution in [0.1, 0.15) is 15.9 Å². The lowest BCUT2D eigenvalue weighted by Gasteiger charge is -2.06. The van der Waals surface area contributed by atoms with Crippen LogP contribution in [0.3, 0.4) is 0 Å². The molecule has 0 aliphatic rings. The van der Waals surface area contributed by atoms with Gasteiger partial charge < -0.3 is 5.11 Å². The van der Waals surface area contributed by atoms with E-state index in [4.69, 9.17) is 16.7 Å². The average molecular weight is 297 g/mol. The summed E-state index contributed by atoms with van der Waals surface area (Å²) in [6, 6.07) is 11.6. The van der Waals surface area contributed by atoms with E-state index in [1.807, 2.05) is 18.2 Å². The van der Waals surface area contributed by atoms with Crippen molar-refractivity contribution in [3.8, 4) is 0 Å². The molecule has 0 aliphatic heterocycles. The molecule has 0 fully saturated rings. The Morgan fingerprint density at radius 3 is 2.63 bits per heavy atom. The molecule has 98 valence electrons. The Morgan fingerprint density at radius 1 is 1.21 bits per heavy atom. The van der Waals surface area contributed by atoms with Crippen molar-refractivity contribution in [1.29, 1.82) is 0 Å². The van der Waals surface area contributed by atoms with Gasteiger partial charge in [0, 0.05) is 10.6 Å². The zero-order chi connectivity index (χ0) is 13.8. The number of hydrogen-bond acceptors (Lipinski definition) is 2. The number of thioether (sulfide) groups is 1. The maximum Gasteiger partial charge on any atom is 0.338 e. The lowest BCUT2D eigenvalue weighted by Crippen LogP contribution is -2.02. The van der Waals surface area contributed by atoms with Gasteiger partial charge >= 0.3 is 5.97 Å². The van der Waals surface area contributed by atoms with Crippen LogP contribution in [-0.4, -0.2) is 11.1 Å². The van der Waals surface area contributed by atoms with Gasteiger partial charge in [0.2, 0.25) is 0 Å². The molecule has 19 heavy (non-hydrogen) atoms. The minimum Gasteiger partial charge on any atom is -0.478 e. The number of benzene rings is 2. The van der Waals surface area contributed by atoms with Gasteiger partial charge in [-0.05, 0) is 23.8 Å². The third-order valence-electron chi connectivity index (χ3n) is 2.53. The van der Waals surface area contributed by atoms with Gasteiger partial charge in [0.05, 0.1) is 10.6 Å². The highest BCUT2D eigenvalue weighted by molar-refractivity contribution is 7.98. The highest BCUT2D eigenvalue weighted by Crippen LogP contribution is 2.30. The second kappa shape index (κ2) is 6.08. The Labute approximate surface area is 119 Å². The maximum absolute atomic E-state index is 13.9. The maximum atomic E-state index is 13.9. The van der Waals surface area contributed by atoms with Gasteiger partial charge in [0.15, 0.2) is 0 Å². The molecule has 0 radical (unpaired) electrons. The van der Waals surface area contributed by atoms with Crippen molar-refractivity contribution in [2.24, 2.45) is 0 Å². The summed E-state index contributed by atoms with van der Waals surface area (Å²) in [5, 5.41) is 9.45. The zero-order valence-electron chi connectivity index (χ0n) is 9.77. The minimum atomic E-state index is -1.26. The molecule has 1 N–H and O–H groups in total. The fourth-order valence-electron chi connectivity index (χ4n) is 1.57. The van der Waals surface area contributed by atoms with Crippen LogP contribution < -0.4 is 0 Å². The van der Waals surface area contributed by atoms with Crippen molar-refractivity contribution >= 4 is 29.3 Å². The van der Waals surface area contributed by atoms with Crippen molar-refractivity contribution in [3.05, 3.63) is 64.4 Å². The third kappa shape index (κ3) is 3.28. The summed E-state index contributed by atoms with van der Waals surface area (Å²) >= 11 is 7.37. The van der Waals surface area contributed by atoms with Crippen molar-refractivity contribution in [2.45, 2.75) is 10.6 Å². The highest BCUT2D eigenvalue weighted by atomic mass is 35.5. The molecule has 0 bridgehead atoms. The summed E-state index contributed by atoms with van der Waals surface area (Å²) in [5.41, 5.74) is 0.0436. The van der Waals surface area contributed by atoms with E-state index in [-0.39, 0.29) is 5.56 Å². The Morgan fingerprint density at radius 2 is 1.95 bits per heavy atom. The second-order valence-electron chi connectivity index (χ2n) is 3.80.